The van der Waals surface area contributed by atoms with Crippen LogP contribution in [0.15, 0.2) is 24.3 Å². The molecule has 3 rings (SSSR count). The molecule has 1 amide bonds. The van der Waals surface area contributed by atoms with Crippen molar-refractivity contribution in [3.8, 4) is 5.75 Å². The predicted molar refractivity (Wildman–Crippen MR) is 87.2 cm³/mol. The Hall–Kier alpha value is -2.08. The molecule has 1 aromatic carbocycles. The molecule has 1 N–H and O–H groups in total. The first-order valence-corrected chi connectivity index (χ1v) is 8.51. The van der Waals surface area contributed by atoms with Gasteiger partial charge in [0.1, 0.15) is 5.75 Å². The molecule has 0 aromatic heterocycles. The lowest BCUT2D eigenvalue weighted by atomic mass is 10.1. The molecule has 1 saturated carbocycles. The fourth-order valence-corrected chi connectivity index (χ4v) is 3.31. The van der Waals surface area contributed by atoms with E-state index in [0.29, 0.717) is 25.3 Å². The maximum absolute atomic E-state index is 12.7. The molecule has 2 aliphatic rings. The fraction of sp³-hybridized carbons (Fsp3) is 0.556. The Bertz CT molecular complexity index is 597. The summed E-state index contributed by atoms with van der Waals surface area (Å²) >= 11 is 0. The molecule has 1 aliphatic carbocycles. The number of hydrogen-bond donors (Lipinski definition) is 1. The molecule has 130 valence electrons. The van der Waals surface area contributed by atoms with Gasteiger partial charge in [0, 0.05) is 18.7 Å². The molecule has 0 unspecified atom stereocenters. The van der Waals surface area contributed by atoms with Crippen molar-refractivity contribution in [3.63, 3.8) is 0 Å². The maximum atomic E-state index is 12.7. The number of benzene rings is 1. The number of nitrogens with zero attached hydrogens (tertiary/aromatic N) is 1. The van der Waals surface area contributed by atoms with Gasteiger partial charge in [-0.1, -0.05) is 6.07 Å². The third-order valence-corrected chi connectivity index (χ3v) is 4.51. The highest BCUT2D eigenvalue weighted by molar-refractivity contribution is 5.94. The number of rotatable bonds is 5. The second-order valence-corrected chi connectivity index (χ2v) is 6.39. The first-order chi connectivity index (χ1) is 11.6. The average Bonchev–Trinajstić information content (AvgIpc) is 3.07. The van der Waals surface area contributed by atoms with Gasteiger partial charge in [-0.2, -0.15) is 0 Å². The summed E-state index contributed by atoms with van der Waals surface area (Å²) in [6.45, 7) is 1.14. The second-order valence-electron chi connectivity index (χ2n) is 6.39. The number of carbonyl (C=O) groups is 2. The van der Waals surface area contributed by atoms with Crippen LogP contribution in [0.2, 0.25) is 0 Å². The van der Waals surface area contributed by atoms with Crippen molar-refractivity contribution in [1.29, 1.82) is 0 Å². The highest BCUT2D eigenvalue weighted by atomic mass is 16.5. The van der Waals surface area contributed by atoms with Gasteiger partial charge in [0.2, 0.25) is 0 Å². The van der Waals surface area contributed by atoms with Crippen LogP contribution in [-0.2, 0) is 9.53 Å². The zero-order chi connectivity index (χ0) is 16.9. The molecule has 0 spiro atoms. The molecular formula is C18H23NO5. The molecule has 1 heterocycles. The van der Waals surface area contributed by atoms with Crippen molar-refractivity contribution in [2.24, 2.45) is 0 Å². The van der Waals surface area contributed by atoms with Gasteiger partial charge in [-0.3, -0.25) is 9.59 Å². The summed E-state index contributed by atoms with van der Waals surface area (Å²) in [5.74, 6) is -0.296. The van der Waals surface area contributed by atoms with Crippen molar-refractivity contribution in [2.75, 3.05) is 19.7 Å². The number of morpholine rings is 1. The lowest BCUT2D eigenvalue weighted by molar-refractivity contribution is -0.141. The third kappa shape index (κ3) is 4.26. The quantitative estimate of drug-likeness (QED) is 0.895. The monoisotopic (exact) mass is 333 g/mol. The first-order valence-electron chi connectivity index (χ1n) is 8.51. The van der Waals surface area contributed by atoms with Crippen molar-refractivity contribution < 1.29 is 24.2 Å². The van der Waals surface area contributed by atoms with Gasteiger partial charge in [-0.25, -0.2) is 0 Å². The largest absolute Gasteiger partial charge is 0.490 e. The normalized spacial score (nSPS) is 21.7. The molecule has 24 heavy (non-hydrogen) atoms. The van der Waals surface area contributed by atoms with Gasteiger partial charge in [0.25, 0.3) is 5.91 Å². The van der Waals surface area contributed by atoms with Gasteiger partial charge in [-0.05, 0) is 43.9 Å². The number of hydrogen-bond acceptors (Lipinski definition) is 4. The van der Waals surface area contributed by atoms with Crippen LogP contribution in [0.5, 0.6) is 5.75 Å². The fourth-order valence-electron chi connectivity index (χ4n) is 3.31. The van der Waals surface area contributed by atoms with Crippen molar-refractivity contribution in [2.45, 2.75) is 44.3 Å². The van der Waals surface area contributed by atoms with E-state index in [2.05, 4.69) is 0 Å². The minimum absolute atomic E-state index is 0.0887. The third-order valence-electron chi connectivity index (χ3n) is 4.51. The first kappa shape index (κ1) is 16.8. The Morgan fingerprint density at radius 3 is 2.83 bits per heavy atom. The summed E-state index contributed by atoms with van der Waals surface area (Å²) in [6, 6.07) is 7.25. The molecule has 0 bridgehead atoms. The Morgan fingerprint density at radius 1 is 1.29 bits per heavy atom. The zero-order valence-electron chi connectivity index (χ0n) is 13.6. The smallest absolute Gasteiger partial charge is 0.306 e. The molecule has 1 aromatic rings. The van der Waals surface area contributed by atoms with Crippen molar-refractivity contribution in [3.05, 3.63) is 29.8 Å². The van der Waals surface area contributed by atoms with E-state index in [1.807, 2.05) is 12.1 Å². The summed E-state index contributed by atoms with van der Waals surface area (Å²) in [6.07, 6.45) is 4.24. The maximum Gasteiger partial charge on any atom is 0.306 e. The number of carbonyl (C=O) groups excluding carboxylic acids is 1. The van der Waals surface area contributed by atoms with E-state index in [-0.39, 0.29) is 18.4 Å². The second kappa shape index (κ2) is 7.66. The SMILES string of the molecule is O=C(O)C[C@@H]1CN(C(=O)c2cccc(OC3CCCC3)c2)CCO1. The summed E-state index contributed by atoms with van der Waals surface area (Å²) in [7, 11) is 0. The standard InChI is InChI=1S/C18H23NO5/c20-17(21)11-16-12-19(8-9-23-16)18(22)13-4-3-7-15(10-13)24-14-5-1-2-6-14/h3-4,7,10,14,16H,1-2,5-6,8-9,11-12H2,(H,20,21)/t16-/m1/s1. The van der Waals surface area contributed by atoms with Crippen LogP contribution in [-0.4, -0.2) is 53.8 Å². The lowest BCUT2D eigenvalue weighted by Crippen LogP contribution is -2.46. The minimum atomic E-state index is -0.916. The number of amides is 1. The van der Waals surface area contributed by atoms with Crippen molar-refractivity contribution in [1.82, 2.24) is 4.90 Å². The number of ether oxygens (including phenoxy) is 2. The van der Waals surface area contributed by atoms with E-state index in [1.54, 1.807) is 17.0 Å². The summed E-state index contributed by atoms with van der Waals surface area (Å²) in [5.41, 5.74) is 0.571. The highest BCUT2D eigenvalue weighted by Crippen LogP contribution is 2.25. The number of carboxylic acids is 1. The molecule has 1 saturated heterocycles. The van der Waals surface area contributed by atoms with Crippen molar-refractivity contribution >= 4 is 11.9 Å². The van der Waals surface area contributed by atoms with Crippen LogP contribution < -0.4 is 4.74 Å². The topological polar surface area (TPSA) is 76.1 Å². The number of aliphatic carboxylic acids is 1. The summed E-state index contributed by atoms with van der Waals surface area (Å²) in [4.78, 5) is 25.2. The lowest BCUT2D eigenvalue weighted by Gasteiger charge is -2.32. The van der Waals surface area contributed by atoms with Crippen LogP contribution >= 0.6 is 0 Å². The van der Waals surface area contributed by atoms with Gasteiger partial charge < -0.3 is 19.5 Å². The van der Waals surface area contributed by atoms with Gasteiger partial charge in [0.05, 0.1) is 25.2 Å². The van der Waals surface area contributed by atoms with Gasteiger partial charge in [0.15, 0.2) is 0 Å². The molecule has 6 nitrogen and oxygen atoms in total. The Kier molecular flexibility index (Phi) is 5.35. The summed E-state index contributed by atoms with van der Waals surface area (Å²) in [5, 5.41) is 8.88. The average molecular weight is 333 g/mol. The molecule has 2 fully saturated rings. The van der Waals surface area contributed by atoms with Crippen LogP contribution in [0.25, 0.3) is 0 Å². The molecule has 1 atom stereocenters. The van der Waals surface area contributed by atoms with Crippen LogP contribution in [0, 0.1) is 0 Å². The van der Waals surface area contributed by atoms with E-state index < -0.39 is 12.1 Å². The Balaban J connectivity index is 1.64. The van der Waals surface area contributed by atoms with Gasteiger partial charge >= 0.3 is 5.97 Å². The Labute approximate surface area is 141 Å². The van der Waals surface area contributed by atoms with E-state index in [0.717, 1.165) is 18.6 Å². The predicted octanol–water partition coefficient (Wildman–Crippen LogP) is 2.32. The Morgan fingerprint density at radius 2 is 2.08 bits per heavy atom. The molecular weight excluding hydrogens is 310 g/mol. The zero-order valence-corrected chi connectivity index (χ0v) is 13.6. The van der Waals surface area contributed by atoms with E-state index in [9.17, 15) is 9.59 Å². The van der Waals surface area contributed by atoms with Crippen LogP contribution in [0.4, 0.5) is 0 Å². The molecule has 6 heteroatoms. The highest BCUT2D eigenvalue weighted by Gasteiger charge is 2.27. The van der Waals surface area contributed by atoms with Crippen LogP contribution in [0.1, 0.15) is 42.5 Å². The summed E-state index contributed by atoms with van der Waals surface area (Å²) < 4.78 is 11.4. The van der Waals surface area contributed by atoms with E-state index >= 15 is 0 Å². The van der Waals surface area contributed by atoms with E-state index in [1.165, 1.54) is 12.8 Å². The molecule has 0 radical (unpaired) electrons. The van der Waals surface area contributed by atoms with Gasteiger partial charge in [-0.15, -0.1) is 0 Å². The number of carboxylic acid groups (broad SMARTS) is 1. The van der Waals surface area contributed by atoms with Crippen LogP contribution in [0.3, 0.4) is 0 Å². The van der Waals surface area contributed by atoms with E-state index in [4.69, 9.17) is 14.6 Å². The minimum Gasteiger partial charge on any atom is -0.490 e. The molecule has 1 aliphatic heterocycles.